The summed E-state index contributed by atoms with van der Waals surface area (Å²) in [5, 5.41) is 2.68. The summed E-state index contributed by atoms with van der Waals surface area (Å²) in [5.41, 5.74) is 8.37. The lowest BCUT2D eigenvalue weighted by molar-refractivity contribution is 0.504. The van der Waals surface area contributed by atoms with Gasteiger partial charge in [0, 0.05) is 11.0 Å². The lowest BCUT2D eigenvalue weighted by atomic mass is 9.85. The molecule has 0 heterocycles. The van der Waals surface area contributed by atoms with Gasteiger partial charge in [0.1, 0.15) is 0 Å². The van der Waals surface area contributed by atoms with Crippen molar-refractivity contribution in [1.82, 2.24) is 0 Å². The Morgan fingerprint density at radius 1 is 0.824 bits per heavy atom. The highest BCUT2D eigenvalue weighted by atomic mass is 14.9. The van der Waals surface area contributed by atoms with Gasteiger partial charge in [-0.05, 0) is 42.0 Å². The Labute approximate surface area is 102 Å². The maximum Gasteiger partial charge on any atom is 0.0253 e. The topological polar surface area (TPSA) is 26.0 Å². The van der Waals surface area contributed by atoms with E-state index in [4.69, 9.17) is 5.73 Å². The van der Waals surface area contributed by atoms with Crippen LogP contribution in [0.1, 0.15) is 31.2 Å². The summed E-state index contributed by atoms with van der Waals surface area (Å²) in [4.78, 5) is 0. The van der Waals surface area contributed by atoms with Gasteiger partial charge in [0.15, 0.2) is 0 Å². The first-order valence-corrected chi connectivity index (χ1v) is 6.52. The fraction of sp³-hybridized carbons (Fsp3) is 0.375. The van der Waals surface area contributed by atoms with E-state index in [1.807, 2.05) is 0 Å². The molecule has 0 atom stereocenters. The second-order valence-electron chi connectivity index (χ2n) is 5.80. The Morgan fingerprint density at radius 3 is 2.18 bits per heavy atom. The van der Waals surface area contributed by atoms with Crippen molar-refractivity contribution in [3.63, 3.8) is 0 Å². The quantitative estimate of drug-likeness (QED) is 0.830. The lowest BCUT2D eigenvalue weighted by Gasteiger charge is -2.23. The minimum atomic E-state index is 0.120. The predicted octanol–water partition coefficient (Wildman–Crippen LogP) is 3.36. The number of fused-ring (bicyclic) bond motifs is 1. The molecule has 1 nitrogen and oxygen atoms in total. The molecule has 2 aromatic rings. The molecular formula is C16H17N. The lowest BCUT2D eigenvalue weighted by Crippen LogP contribution is -2.37. The Morgan fingerprint density at radius 2 is 1.53 bits per heavy atom. The van der Waals surface area contributed by atoms with Gasteiger partial charge in [-0.1, -0.05) is 42.5 Å². The zero-order valence-electron chi connectivity index (χ0n) is 9.95. The highest BCUT2D eigenvalue weighted by Gasteiger charge is 2.63. The van der Waals surface area contributed by atoms with Gasteiger partial charge in [0.05, 0.1) is 0 Å². The summed E-state index contributed by atoms with van der Waals surface area (Å²) in [6, 6.07) is 15.5. The molecule has 2 fully saturated rings. The van der Waals surface area contributed by atoms with Gasteiger partial charge in [-0.25, -0.2) is 0 Å². The van der Waals surface area contributed by atoms with Crippen LogP contribution < -0.4 is 5.73 Å². The molecule has 0 amide bonds. The molecule has 4 rings (SSSR count). The van der Waals surface area contributed by atoms with E-state index < -0.39 is 0 Å². The minimum Gasteiger partial charge on any atom is -0.324 e. The summed E-state index contributed by atoms with van der Waals surface area (Å²) in [7, 11) is 0. The first kappa shape index (κ1) is 9.67. The number of rotatable bonds is 2. The number of hydrogen-bond donors (Lipinski definition) is 1. The van der Waals surface area contributed by atoms with Crippen LogP contribution >= 0.6 is 0 Å². The molecule has 0 radical (unpaired) electrons. The Hall–Kier alpha value is -1.34. The van der Waals surface area contributed by atoms with Gasteiger partial charge in [0.2, 0.25) is 0 Å². The predicted molar refractivity (Wildman–Crippen MR) is 71.0 cm³/mol. The van der Waals surface area contributed by atoms with Crippen LogP contribution in [0.15, 0.2) is 42.5 Å². The van der Waals surface area contributed by atoms with E-state index in [1.54, 1.807) is 0 Å². The molecule has 2 aromatic carbocycles. The summed E-state index contributed by atoms with van der Waals surface area (Å²) in [6.45, 7) is 0. The summed E-state index contributed by atoms with van der Waals surface area (Å²) in [5.74, 6) is 0. The summed E-state index contributed by atoms with van der Waals surface area (Å²) < 4.78 is 0. The Balaban J connectivity index is 1.87. The largest absolute Gasteiger partial charge is 0.324 e. The molecule has 0 bridgehead atoms. The maximum atomic E-state index is 6.46. The van der Waals surface area contributed by atoms with E-state index in [1.165, 1.54) is 42.0 Å². The molecule has 2 aliphatic rings. The van der Waals surface area contributed by atoms with Crippen molar-refractivity contribution in [2.24, 2.45) is 5.73 Å². The molecule has 17 heavy (non-hydrogen) atoms. The maximum absolute atomic E-state index is 6.46. The Kier molecular flexibility index (Phi) is 1.65. The van der Waals surface area contributed by atoms with Gasteiger partial charge in [0.25, 0.3) is 0 Å². The normalized spacial score (nSPS) is 23.6. The van der Waals surface area contributed by atoms with Crippen LogP contribution in [0.5, 0.6) is 0 Å². The average Bonchev–Trinajstić information content (AvgIpc) is 3.24. The molecule has 0 aliphatic heterocycles. The Bertz CT molecular complexity index is 591. The van der Waals surface area contributed by atoms with Crippen LogP contribution in [-0.4, -0.2) is 5.54 Å². The van der Waals surface area contributed by atoms with Gasteiger partial charge >= 0.3 is 0 Å². The fourth-order valence-corrected chi connectivity index (χ4v) is 3.30. The van der Waals surface area contributed by atoms with Crippen molar-refractivity contribution in [2.75, 3.05) is 0 Å². The van der Waals surface area contributed by atoms with Crippen LogP contribution in [0.25, 0.3) is 10.8 Å². The zero-order chi connectivity index (χ0) is 11.5. The van der Waals surface area contributed by atoms with Crippen LogP contribution in [0.3, 0.4) is 0 Å². The first-order chi connectivity index (χ1) is 8.24. The first-order valence-electron chi connectivity index (χ1n) is 6.52. The van der Waals surface area contributed by atoms with Gasteiger partial charge in [-0.2, -0.15) is 0 Å². The summed E-state index contributed by atoms with van der Waals surface area (Å²) in [6.07, 6.45) is 4.98. The van der Waals surface area contributed by atoms with Crippen LogP contribution in [-0.2, 0) is 5.41 Å². The zero-order valence-corrected chi connectivity index (χ0v) is 9.95. The van der Waals surface area contributed by atoms with Crippen LogP contribution in [0, 0.1) is 0 Å². The highest BCUT2D eigenvalue weighted by Crippen LogP contribution is 2.63. The molecular weight excluding hydrogens is 206 g/mol. The summed E-state index contributed by atoms with van der Waals surface area (Å²) >= 11 is 0. The molecule has 2 N–H and O–H groups in total. The number of nitrogens with two attached hydrogens (primary N) is 1. The molecule has 0 spiro atoms. The molecule has 86 valence electrons. The van der Waals surface area contributed by atoms with Crippen LogP contribution in [0.2, 0.25) is 0 Å². The van der Waals surface area contributed by atoms with Gasteiger partial charge in [-0.15, -0.1) is 0 Å². The smallest absolute Gasteiger partial charge is 0.0253 e. The number of benzene rings is 2. The van der Waals surface area contributed by atoms with Crippen LogP contribution in [0.4, 0.5) is 0 Å². The fourth-order valence-electron chi connectivity index (χ4n) is 3.30. The molecule has 1 heteroatoms. The van der Waals surface area contributed by atoms with Crippen molar-refractivity contribution in [3.8, 4) is 0 Å². The average molecular weight is 223 g/mol. The van der Waals surface area contributed by atoms with E-state index in [-0.39, 0.29) is 5.54 Å². The third-order valence-electron chi connectivity index (χ3n) is 4.79. The third kappa shape index (κ3) is 1.23. The molecule has 2 aliphatic carbocycles. The monoisotopic (exact) mass is 223 g/mol. The van der Waals surface area contributed by atoms with E-state index in [2.05, 4.69) is 42.5 Å². The van der Waals surface area contributed by atoms with Gasteiger partial charge < -0.3 is 5.73 Å². The molecule has 0 aromatic heterocycles. The SMILES string of the molecule is NC1(C2(c3ccc4ccccc4c3)CC2)CC1. The second-order valence-corrected chi connectivity index (χ2v) is 5.80. The molecule has 0 saturated heterocycles. The molecule has 0 unspecified atom stereocenters. The number of hydrogen-bond acceptors (Lipinski definition) is 1. The van der Waals surface area contributed by atoms with Crippen molar-refractivity contribution in [1.29, 1.82) is 0 Å². The molecule has 2 saturated carbocycles. The highest BCUT2D eigenvalue weighted by molar-refractivity contribution is 5.83. The standard InChI is InChI=1S/C16H17N/c17-16(9-10-16)15(7-8-15)14-6-5-12-3-1-2-4-13(12)11-14/h1-6,11H,7-10,17H2. The van der Waals surface area contributed by atoms with Crippen molar-refractivity contribution >= 4 is 10.8 Å². The van der Waals surface area contributed by atoms with Crippen molar-refractivity contribution < 1.29 is 0 Å². The van der Waals surface area contributed by atoms with Crippen molar-refractivity contribution in [3.05, 3.63) is 48.0 Å². The third-order valence-corrected chi connectivity index (χ3v) is 4.79. The van der Waals surface area contributed by atoms with Gasteiger partial charge in [-0.3, -0.25) is 0 Å². The second kappa shape index (κ2) is 2.91. The van der Waals surface area contributed by atoms with E-state index in [0.29, 0.717) is 5.41 Å². The van der Waals surface area contributed by atoms with E-state index in [0.717, 1.165) is 0 Å². The minimum absolute atomic E-state index is 0.120. The van der Waals surface area contributed by atoms with E-state index in [9.17, 15) is 0 Å². The van der Waals surface area contributed by atoms with E-state index >= 15 is 0 Å². The van der Waals surface area contributed by atoms with Crippen molar-refractivity contribution in [2.45, 2.75) is 36.6 Å².